The zero-order valence-electron chi connectivity index (χ0n) is 11.5. The largest absolute Gasteiger partial charge is 0.330 e. The van der Waals surface area contributed by atoms with Gasteiger partial charge in [0.15, 0.2) is 0 Å². The number of fused-ring (bicyclic) bond motifs is 1. The van der Waals surface area contributed by atoms with Crippen LogP contribution in [-0.4, -0.2) is 16.1 Å². The molecule has 19 heavy (non-hydrogen) atoms. The minimum Gasteiger partial charge on any atom is -0.330 e. The molecule has 0 fully saturated rings. The summed E-state index contributed by atoms with van der Waals surface area (Å²) < 4.78 is 2.27. The molecule has 0 bridgehead atoms. The highest BCUT2D eigenvalue weighted by Crippen LogP contribution is 2.21. The van der Waals surface area contributed by atoms with Crippen molar-refractivity contribution in [3.8, 4) is 0 Å². The highest BCUT2D eigenvalue weighted by atomic mass is 35.5. The first-order valence-electron chi connectivity index (χ1n) is 7.11. The lowest BCUT2D eigenvalue weighted by Crippen LogP contribution is -2.02. The lowest BCUT2D eigenvalue weighted by molar-refractivity contribution is 0.616. The van der Waals surface area contributed by atoms with Crippen molar-refractivity contribution in [3.05, 3.63) is 29.0 Å². The maximum Gasteiger partial charge on any atom is 0.109 e. The van der Waals surface area contributed by atoms with Crippen molar-refractivity contribution in [3.63, 3.8) is 0 Å². The van der Waals surface area contributed by atoms with Crippen LogP contribution in [0.3, 0.4) is 0 Å². The van der Waals surface area contributed by atoms with Crippen LogP contribution in [-0.2, 0) is 13.0 Å². The third-order valence-corrected chi connectivity index (χ3v) is 3.70. The number of unbranched alkanes of at least 4 members (excludes halogenated alkanes) is 3. The second-order valence-corrected chi connectivity index (χ2v) is 5.29. The van der Waals surface area contributed by atoms with Crippen LogP contribution in [0.5, 0.6) is 0 Å². The van der Waals surface area contributed by atoms with E-state index in [1.807, 2.05) is 18.2 Å². The van der Waals surface area contributed by atoms with Gasteiger partial charge < -0.3 is 10.3 Å². The lowest BCUT2D eigenvalue weighted by Gasteiger charge is -2.06. The molecule has 3 nitrogen and oxygen atoms in total. The van der Waals surface area contributed by atoms with Crippen molar-refractivity contribution in [2.24, 2.45) is 5.73 Å². The molecule has 0 aliphatic rings. The zero-order valence-corrected chi connectivity index (χ0v) is 12.3. The Morgan fingerprint density at radius 1 is 1.21 bits per heavy atom. The predicted octanol–water partition coefficient (Wildman–Crippen LogP) is 3.77. The Bertz CT molecular complexity index is 533. The van der Waals surface area contributed by atoms with Gasteiger partial charge in [-0.25, -0.2) is 4.98 Å². The van der Waals surface area contributed by atoms with Gasteiger partial charge in [-0.1, -0.05) is 24.4 Å². The Balaban J connectivity index is 2.09. The van der Waals surface area contributed by atoms with Gasteiger partial charge in [-0.3, -0.25) is 0 Å². The van der Waals surface area contributed by atoms with Crippen LogP contribution >= 0.6 is 11.6 Å². The molecule has 2 N–H and O–H groups in total. The molecular weight excluding hydrogens is 258 g/mol. The van der Waals surface area contributed by atoms with E-state index in [1.165, 1.54) is 25.1 Å². The molecule has 104 valence electrons. The summed E-state index contributed by atoms with van der Waals surface area (Å²) in [6, 6.07) is 5.91. The third kappa shape index (κ3) is 3.48. The Labute approximate surface area is 119 Å². The highest BCUT2D eigenvalue weighted by Gasteiger charge is 2.09. The molecule has 0 aliphatic heterocycles. The Kier molecular flexibility index (Phi) is 5.23. The molecule has 1 aromatic heterocycles. The zero-order chi connectivity index (χ0) is 13.7. The molecule has 0 saturated heterocycles. The summed E-state index contributed by atoms with van der Waals surface area (Å²) in [6.45, 7) is 3.89. The van der Waals surface area contributed by atoms with Crippen molar-refractivity contribution < 1.29 is 0 Å². The second kappa shape index (κ2) is 6.92. The Hall–Kier alpha value is -1.06. The SMILES string of the molecule is CCn1c(CCCCCCN)nc2ccc(Cl)cc21. The lowest BCUT2D eigenvalue weighted by atomic mass is 10.1. The van der Waals surface area contributed by atoms with E-state index in [0.29, 0.717) is 0 Å². The maximum atomic E-state index is 6.07. The number of aromatic nitrogens is 2. The summed E-state index contributed by atoms with van der Waals surface area (Å²) in [7, 11) is 0. The molecule has 1 aromatic carbocycles. The third-order valence-electron chi connectivity index (χ3n) is 3.46. The van der Waals surface area contributed by atoms with Crippen molar-refractivity contribution in [1.82, 2.24) is 9.55 Å². The summed E-state index contributed by atoms with van der Waals surface area (Å²) >= 11 is 6.07. The first-order valence-corrected chi connectivity index (χ1v) is 7.48. The van der Waals surface area contributed by atoms with Crippen LogP contribution in [0.25, 0.3) is 11.0 Å². The number of nitrogens with two attached hydrogens (primary N) is 1. The molecule has 0 atom stereocenters. The molecule has 0 unspecified atom stereocenters. The van der Waals surface area contributed by atoms with Gasteiger partial charge in [0, 0.05) is 18.0 Å². The summed E-state index contributed by atoms with van der Waals surface area (Å²) in [4.78, 5) is 4.72. The number of hydrogen-bond acceptors (Lipinski definition) is 2. The quantitative estimate of drug-likeness (QED) is 0.784. The first kappa shape index (κ1) is 14.4. The van der Waals surface area contributed by atoms with Crippen LogP contribution in [0, 0.1) is 0 Å². The van der Waals surface area contributed by atoms with Gasteiger partial charge in [-0.15, -0.1) is 0 Å². The van der Waals surface area contributed by atoms with E-state index in [9.17, 15) is 0 Å². The molecule has 0 spiro atoms. The number of aryl methyl sites for hydroxylation is 2. The predicted molar refractivity (Wildman–Crippen MR) is 81.6 cm³/mol. The average molecular weight is 280 g/mol. The summed E-state index contributed by atoms with van der Waals surface area (Å²) in [5.41, 5.74) is 7.69. The normalized spacial score (nSPS) is 11.3. The summed E-state index contributed by atoms with van der Waals surface area (Å²) in [5.74, 6) is 1.17. The molecule has 0 amide bonds. The van der Waals surface area contributed by atoms with Crippen LogP contribution in [0.15, 0.2) is 18.2 Å². The van der Waals surface area contributed by atoms with Crippen molar-refractivity contribution in [1.29, 1.82) is 0 Å². The molecule has 4 heteroatoms. The average Bonchev–Trinajstić information content (AvgIpc) is 2.75. The van der Waals surface area contributed by atoms with E-state index in [2.05, 4.69) is 11.5 Å². The maximum absolute atomic E-state index is 6.07. The number of hydrogen-bond donors (Lipinski definition) is 1. The van der Waals surface area contributed by atoms with E-state index in [-0.39, 0.29) is 0 Å². The Morgan fingerprint density at radius 3 is 2.74 bits per heavy atom. The van der Waals surface area contributed by atoms with Crippen molar-refractivity contribution >= 4 is 22.6 Å². The standard InChI is InChI=1S/C15H22ClN3/c1-2-19-14-11-12(16)8-9-13(14)18-15(19)7-5-3-4-6-10-17/h8-9,11H,2-7,10,17H2,1H3. The van der Waals surface area contributed by atoms with Gasteiger partial charge in [0.2, 0.25) is 0 Å². The van der Waals surface area contributed by atoms with Crippen LogP contribution in [0.1, 0.15) is 38.4 Å². The van der Waals surface area contributed by atoms with Crippen LogP contribution < -0.4 is 5.73 Å². The van der Waals surface area contributed by atoms with Gasteiger partial charge in [0.25, 0.3) is 0 Å². The number of rotatable bonds is 7. The topological polar surface area (TPSA) is 43.8 Å². The van der Waals surface area contributed by atoms with Gasteiger partial charge in [-0.05, 0) is 44.5 Å². The number of imidazole rings is 1. The number of halogens is 1. The minimum atomic E-state index is 0.775. The molecule has 2 rings (SSSR count). The van der Waals surface area contributed by atoms with Gasteiger partial charge >= 0.3 is 0 Å². The monoisotopic (exact) mass is 279 g/mol. The van der Waals surface area contributed by atoms with Crippen LogP contribution in [0.2, 0.25) is 5.02 Å². The first-order chi connectivity index (χ1) is 9.26. The molecule has 0 aliphatic carbocycles. The molecule has 0 radical (unpaired) electrons. The van der Waals surface area contributed by atoms with E-state index >= 15 is 0 Å². The molecule has 2 aromatic rings. The van der Waals surface area contributed by atoms with E-state index < -0.39 is 0 Å². The van der Waals surface area contributed by atoms with Gasteiger partial charge in [0.1, 0.15) is 5.82 Å². The fourth-order valence-corrected chi connectivity index (χ4v) is 2.64. The van der Waals surface area contributed by atoms with Crippen molar-refractivity contribution in [2.75, 3.05) is 6.54 Å². The van der Waals surface area contributed by atoms with E-state index in [0.717, 1.165) is 42.0 Å². The minimum absolute atomic E-state index is 0.775. The second-order valence-electron chi connectivity index (χ2n) is 4.86. The number of benzene rings is 1. The van der Waals surface area contributed by atoms with Gasteiger partial charge in [-0.2, -0.15) is 0 Å². The summed E-state index contributed by atoms with van der Waals surface area (Å²) in [6.07, 6.45) is 5.78. The van der Waals surface area contributed by atoms with Gasteiger partial charge in [0.05, 0.1) is 11.0 Å². The molecule has 1 heterocycles. The molecule has 0 saturated carbocycles. The fraction of sp³-hybridized carbons (Fsp3) is 0.533. The molecular formula is C15H22ClN3. The fourth-order valence-electron chi connectivity index (χ4n) is 2.47. The van der Waals surface area contributed by atoms with Crippen molar-refractivity contribution in [2.45, 2.75) is 45.6 Å². The Morgan fingerprint density at radius 2 is 2.00 bits per heavy atom. The van der Waals surface area contributed by atoms with Crippen LogP contribution in [0.4, 0.5) is 0 Å². The number of nitrogens with zero attached hydrogens (tertiary/aromatic N) is 2. The smallest absolute Gasteiger partial charge is 0.109 e. The van der Waals surface area contributed by atoms with E-state index in [4.69, 9.17) is 22.3 Å². The summed E-state index contributed by atoms with van der Waals surface area (Å²) in [5, 5.41) is 0.775. The highest BCUT2D eigenvalue weighted by molar-refractivity contribution is 6.31. The van der Waals surface area contributed by atoms with E-state index in [1.54, 1.807) is 0 Å².